The number of Topliss-reactive ketones (excluding diaryl/α,β-unsaturated/α-hetero) is 1. The Hall–Kier alpha value is -1.69. The van der Waals surface area contributed by atoms with Gasteiger partial charge >= 0.3 is 0 Å². The predicted octanol–water partition coefficient (Wildman–Crippen LogP) is 3.05. The molecule has 0 spiro atoms. The zero-order valence-electron chi connectivity index (χ0n) is 9.40. The molecule has 0 aliphatic rings. The lowest BCUT2D eigenvalue weighted by atomic mass is 9.91. The van der Waals surface area contributed by atoms with Crippen molar-refractivity contribution in [2.75, 3.05) is 0 Å². The van der Waals surface area contributed by atoms with E-state index in [4.69, 9.17) is 5.26 Å². The molecule has 0 saturated carbocycles. The molecule has 16 heavy (non-hydrogen) atoms. The molecule has 1 aromatic rings. The second-order valence-electron chi connectivity index (χ2n) is 4.15. The van der Waals surface area contributed by atoms with Gasteiger partial charge in [0.15, 0.2) is 5.78 Å². The van der Waals surface area contributed by atoms with E-state index >= 15 is 0 Å². The molecular formula is C13H14FNO. The fourth-order valence-corrected chi connectivity index (χ4v) is 1.54. The van der Waals surface area contributed by atoms with Crippen molar-refractivity contribution in [1.29, 1.82) is 5.26 Å². The lowest BCUT2D eigenvalue weighted by Gasteiger charge is -2.10. The molecular weight excluding hydrogens is 205 g/mol. The lowest BCUT2D eigenvalue weighted by Crippen LogP contribution is -2.14. The monoisotopic (exact) mass is 219 g/mol. The standard InChI is InChI=1S/C13H14FNO/c1-9(2)7-13(16)11(8-15)10-5-3-4-6-12(10)14/h3-6,9,11H,7H2,1-2H3. The second-order valence-corrected chi connectivity index (χ2v) is 4.15. The van der Waals surface area contributed by atoms with E-state index in [2.05, 4.69) is 0 Å². The number of hydrogen-bond acceptors (Lipinski definition) is 2. The molecule has 1 atom stereocenters. The summed E-state index contributed by atoms with van der Waals surface area (Å²) >= 11 is 0. The third-order valence-electron chi connectivity index (χ3n) is 2.28. The van der Waals surface area contributed by atoms with Gasteiger partial charge in [-0.15, -0.1) is 0 Å². The maximum atomic E-state index is 13.4. The van der Waals surface area contributed by atoms with Crippen LogP contribution in [0.2, 0.25) is 0 Å². The van der Waals surface area contributed by atoms with E-state index in [1.807, 2.05) is 19.9 Å². The summed E-state index contributed by atoms with van der Waals surface area (Å²) in [7, 11) is 0. The molecule has 1 rings (SSSR count). The van der Waals surface area contributed by atoms with Gasteiger partial charge in [-0.25, -0.2) is 4.39 Å². The molecule has 0 amide bonds. The van der Waals surface area contributed by atoms with Gasteiger partial charge in [0.1, 0.15) is 11.7 Å². The van der Waals surface area contributed by atoms with E-state index in [-0.39, 0.29) is 17.3 Å². The van der Waals surface area contributed by atoms with Crippen LogP contribution in [0.1, 0.15) is 31.7 Å². The SMILES string of the molecule is CC(C)CC(=O)C(C#N)c1ccccc1F. The van der Waals surface area contributed by atoms with E-state index in [0.717, 1.165) is 0 Å². The molecule has 0 heterocycles. The van der Waals surface area contributed by atoms with E-state index in [1.165, 1.54) is 12.1 Å². The van der Waals surface area contributed by atoms with Crippen LogP contribution in [-0.4, -0.2) is 5.78 Å². The molecule has 0 fully saturated rings. The van der Waals surface area contributed by atoms with Crippen LogP contribution >= 0.6 is 0 Å². The smallest absolute Gasteiger partial charge is 0.154 e. The summed E-state index contributed by atoms with van der Waals surface area (Å²) < 4.78 is 13.4. The Labute approximate surface area is 94.7 Å². The Balaban J connectivity index is 2.96. The minimum absolute atomic E-state index is 0.176. The Morgan fingerprint density at radius 2 is 2.06 bits per heavy atom. The molecule has 0 saturated heterocycles. The van der Waals surface area contributed by atoms with Gasteiger partial charge < -0.3 is 0 Å². The molecule has 0 aromatic heterocycles. The maximum Gasteiger partial charge on any atom is 0.154 e. The predicted molar refractivity (Wildman–Crippen MR) is 59.2 cm³/mol. The number of halogens is 1. The average molecular weight is 219 g/mol. The Morgan fingerprint density at radius 3 is 2.56 bits per heavy atom. The first-order valence-electron chi connectivity index (χ1n) is 5.23. The molecule has 0 N–H and O–H groups in total. The largest absolute Gasteiger partial charge is 0.298 e. The van der Waals surface area contributed by atoms with Crippen LogP contribution in [-0.2, 0) is 4.79 Å². The number of nitrogens with zero attached hydrogens (tertiary/aromatic N) is 1. The second kappa shape index (κ2) is 5.41. The van der Waals surface area contributed by atoms with Crippen molar-refractivity contribution in [3.05, 3.63) is 35.6 Å². The van der Waals surface area contributed by atoms with Gasteiger partial charge in [0.25, 0.3) is 0 Å². The Morgan fingerprint density at radius 1 is 1.44 bits per heavy atom. The number of rotatable bonds is 4. The van der Waals surface area contributed by atoms with Crippen LogP contribution in [0.25, 0.3) is 0 Å². The van der Waals surface area contributed by atoms with Crippen LogP contribution in [0.3, 0.4) is 0 Å². The van der Waals surface area contributed by atoms with Crippen molar-refractivity contribution in [2.45, 2.75) is 26.2 Å². The quantitative estimate of drug-likeness (QED) is 0.780. The summed E-state index contributed by atoms with van der Waals surface area (Å²) in [5, 5.41) is 8.95. The van der Waals surface area contributed by atoms with Crippen LogP contribution in [0, 0.1) is 23.1 Å². The van der Waals surface area contributed by atoms with Crippen LogP contribution in [0.4, 0.5) is 4.39 Å². The minimum atomic E-state index is -0.983. The topological polar surface area (TPSA) is 40.9 Å². The van der Waals surface area contributed by atoms with E-state index in [0.29, 0.717) is 6.42 Å². The van der Waals surface area contributed by atoms with Crippen molar-refractivity contribution >= 4 is 5.78 Å². The molecule has 0 aliphatic carbocycles. The Kier molecular flexibility index (Phi) is 4.19. The highest BCUT2D eigenvalue weighted by molar-refractivity contribution is 5.88. The summed E-state index contributed by atoms with van der Waals surface area (Å²) in [4.78, 5) is 11.7. The normalized spacial score (nSPS) is 12.2. The summed E-state index contributed by atoms with van der Waals surface area (Å²) in [6.45, 7) is 3.79. The zero-order chi connectivity index (χ0) is 12.1. The molecule has 2 nitrogen and oxygen atoms in total. The molecule has 84 valence electrons. The number of nitriles is 1. The van der Waals surface area contributed by atoms with Crippen molar-refractivity contribution in [3.63, 3.8) is 0 Å². The summed E-state index contributed by atoms with van der Waals surface area (Å²) in [6, 6.07) is 7.80. The molecule has 1 unspecified atom stereocenters. The van der Waals surface area contributed by atoms with E-state index < -0.39 is 11.7 Å². The van der Waals surface area contributed by atoms with Crippen LogP contribution < -0.4 is 0 Å². The molecule has 3 heteroatoms. The van der Waals surface area contributed by atoms with Gasteiger partial charge in [-0.2, -0.15) is 5.26 Å². The average Bonchev–Trinajstić information content (AvgIpc) is 2.20. The first kappa shape index (κ1) is 12.4. The van der Waals surface area contributed by atoms with Crippen molar-refractivity contribution in [1.82, 2.24) is 0 Å². The van der Waals surface area contributed by atoms with Crippen molar-refractivity contribution in [3.8, 4) is 6.07 Å². The summed E-state index contributed by atoms with van der Waals surface area (Å²) in [5.74, 6) is -1.52. The number of carbonyl (C=O) groups excluding carboxylic acids is 1. The van der Waals surface area contributed by atoms with Gasteiger partial charge in [-0.05, 0) is 12.0 Å². The number of benzene rings is 1. The van der Waals surface area contributed by atoms with Crippen LogP contribution in [0.5, 0.6) is 0 Å². The summed E-state index contributed by atoms with van der Waals surface area (Å²) in [6.07, 6.45) is 0.298. The van der Waals surface area contributed by atoms with Crippen molar-refractivity contribution in [2.24, 2.45) is 5.92 Å². The third kappa shape index (κ3) is 2.90. The highest BCUT2D eigenvalue weighted by atomic mass is 19.1. The Bertz CT molecular complexity index is 420. The highest BCUT2D eigenvalue weighted by Gasteiger charge is 2.23. The van der Waals surface area contributed by atoms with Gasteiger partial charge in [0.2, 0.25) is 0 Å². The minimum Gasteiger partial charge on any atom is -0.298 e. The lowest BCUT2D eigenvalue weighted by molar-refractivity contribution is -0.120. The zero-order valence-corrected chi connectivity index (χ0v) is 9.40. The molecule has 0 aliphatic heterocycles. The number of ketones is 1. The third-order valence-corrected chi connectivity index (χ3v) is 2.28. The molecule has 0 bridgehead atoms. The molecule has 1 aromatic carbocycles. The fraction of sp³-hybridized carbons (Fsp3) is 0.385. The summed E-state index contributed by atoms with van der Waals surface area (Å²) in [5.41, 5.74) is 0.177. The van der Waals surface area contributed by atoms with Gasteiger partial charge in [-0.3, -0.25) is 4.79 Å². The number of carbonyl (C=O) groups is 1. The maximum absolute atomic E-state index is 13.4. The number of hydrogen-bond donors (Lipinski definition) is 0. The first-order valence-corrected chi connectivity index (χ1v) is 5.23. The van der Waals surface area contributed by atoms with E-state index in [1.54, 1.807) is 12.1 Å². The van der Waals surface area contributed by atoms with E-state index in [9.17, 15) is 9.18 Å². The van der Waals surface area contributed by atoms with Crippen LogP contribution in [0.15, 0.2) is 24.3 Å². The first-order chi connectivity index (χ1) is 7.56. The van der Waals surface area contributed by atoms with Gasteiger partial charge in [0, 0.05) is 12.0 Å². The van der Waals surface area contributed by atoms with Crippen molar-refractivity contribution < 1.29 is 9.18 Å². The fourth-order valence-electron chi connectivity index (χ4n) is 1.54. The highest BCUT2D eigenvalue weighted by Crippen LogP contribution is 2.22. The molecule has 0 radical (unpaired) electrons. The van der Waals surface area contributed by atoms with Gasteiger partial charge in [0.05, 0.1) is 6.07 Å². The van der Waals surface area contributed by atoms with Gasteiger partial charge in [-0.1, -0.05) is 32.0 Å².